The first-order valence-electron chi connectivity index (χ1n) is 8.32. The monoisotopic (exact) mass is 324 g/mol. The van der Waals surface area contributed by atoms with Crippen LogP contribution in [0.25, 0.3) is 0 Å². The number of nitrogens with zero attached hydrogens (tertiary/aromatic N) is 4. The van der Waals surface area contributed by atoms with Crippen LogP contribution in [0.1, 0.15) is 21.5 Å². The fraction of sp³-hybridized carbons (Fsp3) is 0.389. The summed E-state index contributed by atoms with van der Waals surface area (Å²) in [7, 11) is 0. The van der Waals surface area contributed by atoms with Gasteiger partial charge in [0.25, 0.3) is 5.91 Å². The molecule has 1 saturated heterocycles. The van der Waals surface area contributed by atoms with E-state index in [1.165, 1.54) is 11.1 Å². The zero-order chi connectivity index (χ0) is 16.4. The van der Waals surface area contributed by atoms with Crippen molar-refractivity contribution in [2.45, 2.75) is 13.0 Å². The van der Waals surface area contributed by atoms with E-state index in [-0.39, 0.29) is 5.91 Å². The number of morpholine rings is 1. The van der Waals surface area contributed by atoms with Crippen LogP contribution in [0, 0.1) is 0 Å². The second kappa shape index (κ2) is 6.57. The molecule has 1 amide bonds. The van der Waals surface area contributed by atoms with Crippen LogP contribution in [0.5, 0.6) is 0 Å². The van der Waals surface area contributed by atoms with Crippen LogP contribution in [0.4, 0.5) is 5.95 Å². The first-order valence-corrected chi connectivity index (χ1v) is 8.32. The summed E-state index contributed by atoms with van der Waals surface area (Å²) < 4.78 is 5.28. The molecule has 0 N–H and O–H groups in total. The molecule has 0 unspecified atom stereocenters. The van der Waals surface area contributed by atoms with Gasteiger partial charge < -0.3 is 14.5 Å². The smallest absolute Gasteiger partial charge is 0.257 e. The summed E-state index contributed by atoms with van der Waals surface area (Å²) in [5.41, 5.74) is 3.26. The fourth-order valence-corrected chi connectivity index (χ4v) is 3.21. The molecule has 124 valence electrons. The van der Waals surface area contributed by atoms with Crippen molar-refractivity contribution in [1.82, 2.24) is 14.9 Å². The van der Waals surface area contributed by atoms with Crippen LogP contribution >= 0.6 is 0 Å². The summed E-state index contributed by atoms with van der Waals surface area (Å²) in [6, 6.07) is 8.47. The molecule has 24 heavy (non-hydrogen) atoms. The molecule has 2 aliphatic rings. The zero-order valence-electron chi connectivity index (χ0n) is 13.5. The third kappa shape index (κ3) is 2.97. The number of hydrogen-bond acceptors (Lipinski definition) is 5. The number of benzene rings is 1. The Morgan fingerprint density at radius 2 is 1.71 bits per heavy atom. The summed E-state index contributed by atoms with van der Waals surface area (Å²) in [5, 5.41) is 0. The van der Waals surface area contributed by atoms with Crippen LogP contribution in [0.15, 0.2) is 36.7 Å². The minimum atomic E-state index is -0.0196. The average Bonchev–Trinajstić information content (AvgIpc) is 2.68. The van der Waals surface area contributed by atoms with Crippen molar-refractivity contribution in [1.29, 1.82) is 0 Å². The van der Waals surface area contributed by atoms with Crippen molar-refractivity contribution in [2.75, 3.05) is 37.7 Å². The number of carbonyl (C=O) groups excluding carboxylic acids is 1. The molecule has 3 heterocycles. The molecule has 4 rings (SSSR count). The van der Waals surface area contributed by atoms with Gasteiger partial charge in [0.15, 0.2) is 0 Å². The summed E-state index contributed by atoms with van der Waals surface area (Å²) in [4.78, 5) is 25.2. The van der Waals surface area contributed by atoms with Crippen LogP contribution in [-0.2, 0) is 17.7 Å². The lowest BCUT2D eigenvalue weighted by atomic mass is 10.0. The Morgan fingerprint density at radius 3 is 2.46 bits per heavy atom. The normalized spacial score (nSPS) is 17.5. The van der Waals surface area contributed by atoms with Gasteiger partial charge in [0.1, 0.15) is 0 Å². The van der Waals surface area contributed by atoms with E-state index in [1.54, 1.807) is 17.3 Å². The Hall–Kier alpha value is -2.47. The van der Waals surface area contributed by atoms with E-state index in [2.05, 4.69) is 39.1 Å². The molecule has 1 fully saturated rings. The average molecular weight is 324 g/mol. The van der Waals surface area contributed by atoms with Crippen molar-refractivity contribution in [2.24, 2.45) is 0 Å². The fourth-order valence-electron chi connectivity index (χ4n) is 3.21. The number of ether oxygens (including phenoxy) is 1. The second-order valence-corrected chi connectivity index (χ2v) is 6.12. The van der Waals surface area contributed by atoms with Crippen LogP contribution in [0.2, 0.25) is 0 Å². The number of fused-ring (bicyclic) bond motifs is 1. The van der Waals surface area contributed by atoms with E-state index in [4.69, 9.17) is 4.74 Å². The number of hydrogen-bond donors (Lipinski definition) is 0. The topological polar surface area (TPSA) is 58.6 Å². The standard InChI is InChI=1S/C18H20N4O2/c23-17(21-7-9-24-10-8-21)16-11-19-18(20-12-16)22-6-5-14-3-1-2-4-15(14)13-22/h1-4,11-12H,5-10,13H2. The van der Waals surface area contributed by atoms with Gasteiger partial charge in [0.05, 0.1) is 18.8 Å². The molecular formula is C18H20N4O2. The quantitative estimate of drug-likeness (QED) is 0.838. The highest BCUT2D eigenvalue weighted by Crippen LogP contribution is 2.21. The van der Waals surface area contributed by atoms with E-state index in [9.17, 15) is 4.79 Å². The van der Waals surface area contributed by atoms with Crippen molar-refractivity contribution in [3.05, 3.63) is 53.3 Å². The van der Waals surface area contributed by atoms with Gasteiger partial charge in [-0.25, -0.2) is 9.97 Å². The number of aromatic nitrogens is 2. The van der Waals surface area contributed by atoms with Gasteiger partial charge in [-0.2, -0.15) is 0 Å². The molecule has 0 spiro atoms. The molecule has 0 bridgehead atoms. The summed E-state index contributed by atoms with van der Waals surface area (Å²) in [6.07, 6.45) is 4.27. The van der Waals surface area contributed by atoms with Gasteiger partial charge in [-0.15, -0.1) is 0 Å². The molecule has 6 nitrogen and oxygen atoms in total. The summed E-state index contributed by atoms with van der Waals surface area (Å²) in [6.45, 7) is 4.16. The van der Waals surface area contributed by atoms with Gasteiger partial charge in [-0.3, -0.25) is 4.79 Å². The van der Waals surface area contributed by atoms with Gasteiger partial charge in [0.2, 0.25) is 5.95 Å². The lowest BCUT2D eigenvalue weighted by Crippen LogP contribution is -2.40. The van der Waals surface area contributed by atoms with Crippen molar-refractivity contribution in [3.63, 3.8) is 0 Å². The van der Waals surface area contributed by atoms with Crippen LogP contribution in [-0.4, -0.2) is 53.6 Å². The molecule has 0 saturated carbocycles. The number of anilines is 1. The molecule has 1 aromatic carbocycles. The van der Waals surface area contributed by atoms with E-state index in [1.807, 2.05) is 0 Å². The van der Waals surface area contributed by atoms with E-state index in [0.29, 0.717) is 37.8 Å². The Morgan fingerprint density at radius 1 is 1.00 bits per heavy atom. The van der Waals surface area contributed by atoms with Crippen molar-refractivity contribution in [3.8, 4) is 0 Å². The number of carbonyl (C=O) groups is 1. The Kier molecular flexibility index (Phi) is 4.13. The molecule has 0 atom stereocenters. The Balaban J connectivity index is 1.47. The Bertz CT molecular complexity index is 726. The van der Waals surface area contributed by atoms with Gasteiger partial charge in [-0.1, -0.05) is 24.3 Å². The van der Waals surface area contributed by atoms with E-state index < -0.39 is 0 Å². The lowest BCUT2D eigenvalue weighted by Gasteiger charge is -2.29. The highest BCUT2D eigenvalue weighted by molar-refractivity contribution is 5.93. The molecular weight excluding hydrogens is 304 g/mol. The van der Waals surface area contributed by atoms with E-state index in [0.717, 1.165) is 19.5 Å². The molecule has 2 aliphatic heterocycles. The lowest BCUT2D eigenvalue weighted by molar-refractivity contribution is 0.0302. The predicted octanol–water partition coefficient (Wildman–Crippen LogP) is 1.51. The van der Waals surface area contributed by atoms with Crippen LogP contribution < -0.4 is 4.90 Å². The highest BCUT2D eigenvalue weighted by atomic mass is 16.5. The minimum absolute atomic E-state index is 0.0196. The largest absolute Gasteiger partial charge is 0.378 e. The predicted molar refractivity (Wildman–Crippen MR) is 90.0 cm³/mol. The first kappa shape index (κ1) is 15.1. The minimum Gasteiger partial charge on any atom is -0.378 e. The maximum absolute atomic E-state index is 12.4. The van der Waals surface area contributed by atoms with Crippen LogP contribution in [0.3, 0.4) is 0 Å². The second-order valence-electron chi connectivity index (χ2n) is 6.12. The van der Waals surface area contributed by atoms with E-state index >= 15 is 0 Å². The Labute approximate surface area is 141 Å². The summed E-state index contributed by atoms with van der Waals surface area (Å²) >= 11 is 0. The number of amides is 1. The third-order valence-corrected chi connectivity index (χ3v) is 4.60. The van der Waals surface area contributed by atoms with Crippen molar-refractivity contribution >= 4 is 11.9 Å². The van der Waals surface area contributed by atoms with Gasteiger partial charge >= 0.3 is 0 Å². The van der Waals surface area contributed by atoms with Crippen molar-refractivity contribution < 1.29 is 9.53 Å². The molecule has 1 aromatic heterocycles. The first-order chi connectivity index (χ1) is 11.8. The molecule has 6 heteroatoms. The number of rotatable bonds is 2. The maximum atomic E-state index is 12.4. The molecule has 0 radical (unpaired) electrons. The molecule has 0 aliphatic carbocycles. The zero-order valence-corrected chi connectivity index (χ0v) is 13.5. The molecule has 2 aromatic rings. The van der Waals surface area contributed by atoms with Gasteiger partial charge in [0, 0.05) is 38.6 Å². The third-order valence-electron chi connectivity index (χ3n) is 4.60. The highest BCUT2D eigenvalue weighted by Gasteiger charge is 2.21. The summed E-state index contributed by atoms with van der Waals surface area (Å²) in [5.74, 6) is 0.664. The maximum Gasteiger partial charge on any atom is 0.257 e. The van der Waals surface area contributed by atoms with Gasteiger partial charge in [-0.05, 0) is 17.5 Å². The SMILES string of the molecule is O=C(c1cnc(N2CCc3ccccc3C2)nc1)N1CCOCC1.